The number of carbonyl (C=O) groups excluding carboxylic acids is 1. The average Bonchev–Trinajstić information content (AvgIpc) is 3.17. The van der Waals surface area contributed by atoms with Gasteiger partial charge in [-0.3, -0.25) is 19.0 Å². The van der Waals surface area contributed by atoms with Crippen LogP contribution < -0.4 is 10.7 Å². The van der Waals surface area contributed by atoms with E-state index in [2.05, 4.69) is 15.5 Å². The first-order chi connectivity index (χ1) is 14.5. The van der Waals surface area contributed by atoms with Gasteiger partial charge in [-0.1, -0.05) is 29.8 Å². The fourth-order valence-corrected chi connectivity index (χ4v) is 3.33. The molecule has 2 aromatic carbocycles. The van der Waals surface area contributed by atoms with Crippen molar-refractivity contribution in [1.29, 1.82) is 0 Å². The van der Waals surface area contributed by atoms with Crippen molar-refractivity contribution < 1.29 is 9.18 Å². The normalized spacial score (nSPS) is 11.0. The fraction of sp³-hybridized carbons (Fsp3) is 0.143. The van der Waals surface area contributed by atoms with Gasteiger partial charge in [0, 0.05) is 23.3 Å². The number of halogens is 2. The molecular weight excluding hydrogens is 409 g/mol. The highest BCUT2D eigenvalue weighted by atomic mass is 35.5. The van der Waals surface area contributed by atoms with E-state index in [1.165, 1.54) is 23.0 Å². The molecule has 4 aromatic rings. The van der Waals surface area contributed by atoms with Gasteiger partial charge in [0.1, 0.15) is 5.82 Å². The maximum atomic E-state index is 13.8. The Morgan fingerprint density at radius 2 is 2.03 bits per heavy atom. The average molecular weight is 426 g/mol. The van der Waals surface area contributed by atoms with Gasteiger partial charge in [0.15, 0.2) is 5.69 Å². The lowest BCUT2D eigenvalue weighted by Crippen LogP contribution is -2.27. The molecule has 30 heavy (non-hydrogen) atoms. The standard InChI is InChI=1S/C21H17ClFN5O2/c1-2-28-18-8-7-14(22)9-16(18)20(29)19(26-28)21(30)25-15-10-24-27(12-15)11-13-5-3-4-6-17(13)23/h3-10,12H,2,11H2,1H3,(H,25,30). The van der Waals surface area contributed by atoms with E-state index in [4.69, 9.17) is 11.6 Å². The van der Waals surface area contributed by atoms with Crippen LogP contribution in [-0.2, 0) is 13.1 Å². The molecule has 0 aliphatic rings. The van der Waals surface area contributed by atoms with Crippen molar-refractivity contribution in [2.45, 2.75) is 20.0 Å². The number of aromatic nitrogens is 4. The first-order valence-corrected chi connectivity index (χ1v) is 9.61. The Hall–Kier alpha value is -3.52. The number of anilines is 1. The summed E-state index contributed by atoms with van der Waals surface area (Å²) in [5, 5.41) is 11.7. The topological polar surface area (TPSA) is 81.8 Å². The Morgan fingerprint density at radius 1 is 1.23 bits per heavy atom. The number of fused-ring (bicyclic) bond motifs is 1. The molecule has 7 nitrogen and oxygen atoms in total. The Kier molecular flexibility index (Phi) is 5.33. The van der Waals surface area contributed by atoms with Gasteiger partial charge in [0.2, 0.25) is 5.43 Å². The van der Waals surface area contributed by atoms with Crippen molar-refractivity contribution in [2.75, 3.05) is 5.32 Å². The Labute approximate surface area is 175 Å². The summed E-state index contributed by atoms with van der Waals surface area (Å²) in [6, 6.07) is 11.3. The molecule has 1 amide bonds. The van der Waals surface area contributed by atoms with Crippen LogP contribution >= 0.6 is 11.6 Å². The lowest BCUT2D eigenvalue weighted by molar-refractivity contribution is 0.101. The number of benzene rings is 2. The predicted molar refractivity (Wildman–Crippen MR) is 112 cm³/mol. The van der Waals surface area contributed by atoms with Gasteiger partial charge in [0.05, 0.1) is 29.3 Å². The monoisotopic (exact) mass is 425 g/mol. The molecular formula is C21H17ClFN5O2. The van der Waals surface area contributed by atoms with Crippen molar-refractivity contribution in [1.82, 2.24) is 19.6 Å². The summed E-state index contributed by atoms with van der Waals surface area (Å²) >= 11 is 6.02. The number of amides is 1. The summed E-state index contributed by atoms with van der Waals surface area (Å²) in [7, 11) is 0. The van der Waals surface area contributed by atoms with Crippen LogP contribution in [0.5, 0.6) is 0 Å². The zero-order chi connectivity index (χ0) is 21.3. The van der Waals surface area contributed by atoms with E-state index in [0.717, 1.165) is 0 Å². The zero-order valence-electron chi connectivity index (χ0n) is 16.0. The molecule has 0 bridgehead atoms. The molecule has 2 heterocycles. The largest absolute Gasteiger partial charge is 0.318 e. The molecule has 9 heteroatoms. The van der Waals surface area contributed by atoms with E-state index < -0.39 is 11.3 Å². The van der Waals surface area contributed by atoms with E-state index in [1.807, 2.05) is 6.92 Å². The third-order valence-corrected chi connectivity index (χ3v) is 4.85. The van der Waals surface area contributed by atoms with Crippen LogP contribution in [0.1, 0.15) is 23.0 Å². The van der Waals surface area contributed by atoms with E-state index in [-0.39, 0.29) is 18.1 Å². The first-order valence-electron chi connectivity index (χ1n) is 9.24. The zero-order valence-corrected chi connectivity index (χ0v) is 16.7. The van der Waals surface area contributed by atoms with Crippen LogP contribution in [0.3, 0.4) is 0 Å². The summed E-state index contributed by atoms with van der Waals surface area (Å²) in [5.41, 5.74) is 0.687. The number of nitrogens with one attached hydrogen (secondary N) is 1. The number of rotatable bonds is 5. The molecule has 0 radical (unpaired) electrons. The molecule has 0 fully saturated rings. The minimum absolute atomic E-state index is 0.206. The second kappa shape index (κ2) is 8.08. The first kappa shape index (κ1) is 19.8. The van der Waals surface area contributed by atoms with Gasteiger partial charge in [-0.25, -0.2) is 4.39 Å². The number of hydrogen-bond donors (Lipinski definition) is 1. The van der Waals surface area contributed by atoms with Gasteiger partial charge < -0.3 is 5.32 Å². The predicted octanol–water partition coefficient (Wildman–Crippen LogP) is 3.71. The third kappa shape index (κ3) is 3.81. The molecule has 152 valence electrons. The number of nitrogens with zero attached hydrogens (tertiary/aromatic N) is 4. The van der Waals surface area contributed by atoms with Crippen LogP contribution in [0.15, 0.2) is 59.7 Å². The van der Waals surface area contributed by atoms with Gasteiger partial charge in [-0.15, -0.1) is 0 Å². The maximum absolute atomic E-state index is 13.8. The Bertz CT molecular complexity index is 1310. The van der Waals surface area contributed by atoms with E-state index in [0.29, 0.717) is 33.7 Å². The van der Waals surface area contributed by atoms with Gasteiger partial charge in [-0.2, -0.15) is 10.2 Å². The minimum atomic E-state index is -0.658. The Balaban J connectivity index is 1.61. The second-order valence-electron chi connectivity index (χ2n) is 6.63. The number of carbonyl (C=O) groups is 1. The molecule has 4 rings (SSSR count). The van der Waals surface area contributed by atoms with Crippen molar-refractivity contribution in [3.05, 3.63) is 87.2 Å². The molecule has 0 spiro atoms. The van der Waals surface area contributed by atoms with Gasteiger partial charge in [-0.05, 0) is 31.2 Å². The van der Waals surface area contributed by atoms with Crippen LogP contribution in [0, 0.1) is 5.82 Å². The van der Waals surface area contributed by atoms with E-state index in [1.54, 1.807) is 41.2 Å². The summed E-state index contributed by atoms with van der Waals surface area (Å²) in [6.07, 6.45) is 2.98. The Morgan fingerprint density at radius 3 is 2.80 bits per heavy atom. The van der Waals surface area contributed by atoms with Crippen LogP contribution in [0.25, 0.3) is 10.9 Å². The molecule has 2 aromatic heterocycles. The molecule has 1 N–H and O–H groups in total. The van der Waals surface area contributed by atoms with Crippen LogP contribution in [-0.4, -0.2) is 25.5 Å². The number of aryl methyl sites for hydroxylation is 1. The molecule has 0 saturated heterocycles. The lowest BCUT2D eigenvalue weighted by Gasteiger charge is -2.10. The maximum Gasteiger partial charge on any atom is 0.280 e. The summed E-state index contributed by atoms with van der Waals surface area (Å²) in [5.74, 6) is -0.993. The second-order valence-corrected chi connectivity index (χ2v) is 7.06. The molecule has 0 unspecified atom stereocenters. The number of hydrogen-bond acceptors (Lipinski definition) is 4. The van der Waals surface area contributed by atoms with E-state index >= 15 is 0 Å². The fourth-order valence-electron chi connectivity index (χ4n) is 3.16. The summed E-state index contributed by atoms with van der Waals surface area (Å²) in [4.78, 5) is 25.5. The SMILES string of the molecule is CCn1nc(C(=O)Nc2cnn(Cc3ccccc3F)c2)c(=O)c2cc(Cl)ccc21. The van der Waals surface area contributed by atoms with Crippen LogP contribution in [0.4, 0.5) is 10.1 Å². The quantitative estimate of drug-likeness (QED) is 0.528. The van der Waals surface area contributed by atoms with Gasteiger partial charge in [0.25, 0.3) is 5.91 Å². The van der Waals surface area contributed by atoms with Crippen LogP contribution in [0.2, 0.25) is 5.02 Å². The molecule has 0 atom stereocenters. The minimum Gasteiger partial charge on any atom is -0.318 e. The molecule has 0 aliphatic heterocycles. The highest BCUT2D eigenvalue weighted by molar-refractivity contribution is 6.31. The lowest BCUT2D eigenvalue weighted by atomic mass is 10.2. The van der Waals surface area contributed by atoms with Crippen molar-refractivity contribution in [3.8, 4) is 0 Å². The van der Waals surface area contributed by atoms with Crippen molar-refractivity contribution in [2.24, 2.45) is 0 Å². The van der Waals surface area contributed by atoms with E-state index in [9.17, 15) is 14.0 Å². The molecule has 0 saturated carbocycles. The summed E-state index contributed by atoms with van der Waals surface area (Å²) < 4.78 is 16.9. The third-order valence-electron chi connectivity index (χ3n) is 4.61. The van der Waals surface area contributed by atoms with Gasteiger partial charge >= 0.3 is 0 Å². The summed E-state index contributed by atoms with van der Waals surface area (Å²) in [6.45, 7) is 2.54. The highest BCUT2D eigenvalue weighted by Crippen LogP contribution is 2.17. The highest BCUT2D eigenvalue weighted by Gasteiger charge is 2.18. The molecule has 0 aliphatic carbocycles. The van der Waals surface area contributed by atoms with Crippen molar-refractivity contribution >= 4 is 34.1 Å². The smallest absolute Gasteiger partial charge is 0.280 e. The van der Waals surface area contributed by atoms with Crippen molar-refractivity contribution in [3.63, 3.8) is 0 Å².